The van der Waals surface area contributed by atoms with E-state index in [1.54, 1.807) is 13.2 Å². The summed E-state index contributed by atoms with van der Waals surface area (Å²) in [6.07, 6.45) is 1.46. The summed E-state index contributed by atoms with van der Waals surface area (Å²) in [5.41, 5.74) is 1.54. The Morgan fingerprint density at radius 2 is 2.06 bits per heavy atom. The number of carbonyl (C=O) groups is 1. The molecule has 88 valence electrons. The molecule has 4 nitrogen and oxygen atoms in total. The van der Waals surface area contributed by atoms with Gasteiger partial charge in [0.15, 0.2) is 0 Å². The third-order valence-corrected chi connectivity index (χ3v) is 2.42. The zero-order valence-corrected chi connectivity index (χ0v) is 9.60. The summed E-state index contributed by atoms with van der Waals surface area (Å²) >= 11 is 0. The molecule has 0 fully saturated rings. The smallest absolute Gasteiger partial charge is 0.374 e. The Morgan fingerprint density at radius 1 is 1.24 bits per heavy atom. The first-order chi connectivity index (χ1) is 8.26. The van der Waals surface area contributed by atoms with E-state index in [1.165, 1.54) is 13.4 Å². The molecule has 1 aromatic heterocycles. The highest BCUT2D eigenvalue weighted by Gasteiger charge is 2.17. The fraction of sp³-hybridized carbons (Fsp3) is 0.154. The van der Waals surface area contributed by atoms with E-state index in [2.05, 4.69) is 4.74 Å². The van der Waals surface area contributed by atoms with Crippen LogP contribution >= 0.6 is 0 Å². The summed E-state index contributed by atoms with van der Waals surface area (Å²) in [5.74, 6) is 0.424. The SMILES string of the molecule is COC(=O)c1occc1-c1cccc(OC)c1. The first-order valence-electron chi connectivity index (χ1n) is 5.06. The summed E-state index contributed by atoms with van der Waals surface area (Å²) in [7, 11) is 2.91. The van der Waals surface area contributed by atoms with Crippen molar-refractivity contribution in [3.63, 3.8) is 0 Å². The van der Waals surface area contributed by atoms with E-state index >= 15 is 0 Å². The molecule has 2 aromatic rings. The van der Waals surface area contributed by atoms with Gasteiger partial charge in [-0.15, -0.1) is 0 Å². The normalized spacial score (nSPS) is 10.0. The molecule has 1 heterocycles. The van der Waals surface area contributed by atoms with Gasteiger partial charge < -0.3 is 13.9 Å². The van der Waals surface area contributed by atoms with E-state index in [0.717, 1.165) is 11.3 Å². The molecular formula is C13H12O4. The fourth-order valence-corrected chi connectivity index (χ4v) is 1.58. The maximum atomic E-state index is 11.5. The van der Waals surface area contributed by atoms with E-state index in [1.807, 2.05) is 24.3 Å². The number of ether oxygens (including phenoxy) is 2. The summed E-state index contributed by atoms with van der Waals surface area (Å²) in [6, 6.07) is 9.11. The molecule has 1 aromatic carbocycles. The van der Waals surface area contributed by atoms with Crippen LogP contribution in [0.3, 0.4) is 0 Å². The van der Waals surface area contributed by atoms with E-state index in [9.17, 15) is 4.79 Å². The minimum Gasteiger partial charge on any atom is -0.497 e. The topological polar surface area (TPSA) is 48.7 Å². The highest BCUT2D eigenvalue weighted by molar-refractivity contribution is 5.94. The van der Waals surface area contributed by atoms with Gasteiger partial charge >= 0.3 is 5.97 Å². The number of hydrogen-bond acceptors (Lipinski definition) is 4. The first kappa shape index (κ1) is 11.3. The second-order valence-electron chi connectivity index (χ2n) is 3.39. The Hall–Kier alpha value is -2.23. The molecule has 0 amide bonds. The van der Waals surface area contributed by atoms with E-state index < -0.39 is 5.97 Å². The highest BCUT2D eigenvalue weighted by Crippen LogP contribution is 2.28. The van der Waals surface area contributed by atoms with Crippen molar-refractivity contribution < 1.29 is 18.7 Å². The number of furan rings is 1. The largest absolute Gasteiger partial charge is 0.497 e. The van der Waals surface area contributed by atoms with Crippen molar-refractivity contribution in [2.24, 2.45) is 0 Å². The summed E-state index contributed by atoms with van der Waals surface area (Å²) in [6.45, 7) is 0. The number of benzene rings is 1. The second-order valence-corrected chi connectivity index (χ2v) is 3.39. The van der Waals surface area contributed by atoms with Gasteiger partial charge in [-0.25, -0.2) is 4.79 Å². The molecule has 0 N–H and O–H groups in total. The lowest BCUT2D eigenvalue weighted by molar-refractivity contribution is 0.0566. The Balaban J connectivity index is 2.45. The quantitative estimate of drug-likeness (QED) is 0.763. The lowest BCUT2D eigenvalue weighted by Crippen LogP contribution is -2.00. The second kappa shape index (κ2) is 4.74. The predicted molar refractivity (Wildman–Crippen MR) is 62.0 cm³/mol. The number of esters is 1. The van der Waals surface area contributed by atoms with E-state index in [4.69, 9.17) is 9.15 Å². The standard InChI is InChI=1S/C13H12O4/c1-15-10-5-3-4-9(8-10)11-6-7-17-12(11)13(14)16-2/h3-8H,1-2H3. The van der Waals surface area contributed by atoms with Gasteiger partial charge in [0, 0.05) is 5.56 Å². The molecule has 0 atom stereocenters. The van der Waals surface area contributed by atoms with Crippen molar-refractivity contribution >= 4 is 5.97 Å². The fourth-order valence-electron chi connectivity index (χ4n) is 1.58. The van der Waals surface area contributed by atoms with Gasteiger partial charge in [-0.1, -0.05) is 12.1 Å². The maximum Gasteiger partial charge on any atom is 0.374 e. The highest BCUT2D eigenvalue weighted by atomic mass is 16.5. The molecule has 0 saturated heterocycles. The first-order valence-corrected chi connectivity index (χ1v) is 5.06. The van der Waals surface area contributed by atoms with Gasteiger partial charge in [0.1, 0.15) is 5.75 Å². The van der Waals surface area contributed by atoms with E-state index in [-0.39, 0.29) is 5.76 Å². The van der Waals surface area contributed by atoms with E-state index in [0.29, 0.717) is 5.56 Å². The maximum absolute atomic E-state index is 11.5. The van der Waals surface area contributed by atoms with Gasteiger partial charge in [-0.05, 0) is 23.8 Å². The van der Waals surface area contributed by atoms with Gasteiger partial charge in [0.05, 0.1) is 20.5 Å². The van der Waals surface area contributed by atoms with Crippen LogP contribution in [0.15, 0.2) is 41.0 Å². The Morgan fingerprint density at radius 3 is 2.76 bits per heavy atom. The minimum absolute atomic E-state index is 0.195. The molecule has 0 aliphatic rings. The van der Waals surface area contributed by atoms with Crippen molar-refractivity contribution in [1.29, 1.82) is 0 Å². The summed E-state index contributed by atoms with van der Waals surface area (Å²) in [5, 5.41) is 0. The molecule has 0 radical (unpaired) electrons. The predicted octanol–water partition coefficient (Wildman–Crippen LogP) is 2.74. The number of methoxy groups -OCH3 is 2. The number of carbonyl (C=O) groups excluding carboxylic acids is 1. The Kier molecular flexibility index (Phi) is 3.14. The van der Waals surface area contributed by atoms with Crippen LogP contribution in [0.2, 0.25) is 0 Å². The zero-order chi connectivity index (χ0) is 12.3. The number of rotatable bonds is 3. The van der Waals surface area contributed by atoms with Gasteiger partial charge in [0.2, 0.25) is 5.76 Å². The average molecular weight is 232 g/mol. The molecule has 2 rings (SSSR count). The minimum atomic E-state index is -0.493. The molecule has 0 spiro atoms. The van der Waals surface area contributed by atoms with Crippen molar-refractivity contribution in [3.05, 3.63) is 42.4 Å². The molecule has 0 unspecified atom stereocenters. The lowest BCUT2D eigenvalue weighted by atomic mass is 10.1. The average Bonchev–Trinajstić information content (AvgIpc) is 2.87. The molecule has 4 heteroatoms. The van der Waals surface area contributed by atoms with Crippen LogP contribution in [0.4, 0.5) is 0 Å². The Labute approximate surface area is 98.8 Å². The molecule has 0 bridgehead atoms. The van der Waals surface area contributed by atoms with Gasteiger partial charge in [-0.2, -0.15) is 0 Å². The monoisotopic (exact) mass is 232 g/mol. The van der Waals surface area contributed by atoms with Crippen LogP contribution in [-0.2, 0) is 4.74 Å². The zero-order valence-electron chi connectivity index (χ0n) is 9.60. The molecular weight excluding hydrogens is 220 g/mol. The lowest BCUT2D eigenvalue weighted by Gasteiger charge is -2.04. The molecule has 0 saturated carbocycles. The van der Waals surface area contributed by atoms with Gasteiger partial charge in [0.25, 0.3) is 0 Å². The van der Waals surface area contributed by atoms with Crippen LogP contribution in [0.1, 0.15) is 10.6 Å². The number of hydrogen-bond donors (Lipinski definition) is 0. The van der Waals surface area contributed by atoms with Crippen LogP contribution in [-0.4, -0.2) is 20.2 Å². The Bertz CT molecular complexity index is 528. The van der Waals surface area contributed by atoms with Crippen molar-refractivity contribution in [1.82, 2.24) is 0 Å². The third-order valence-electron chi connectivity index (χ3n) is 2.42. The molecule has 17 heavy (non-hydrogen) atoms. The van der Waals surface area contributed by atoms with Gasteiger partial charge in [-0.3, -0.25) is 0 Å². The summed E-state index contributed by atoms with van der Waals surface area (Å²) in [4.78, 5) is 11.5. The summed E-state index contributed by atoms with van der Waals surface area (Å²) < 4.78 is 14.9. The molecule has 0 aliphatic heterocycles. The van der Waals surface area contributed by atoms with Crippen molar-refractivity contribution in [2.45, 2.75) is 0 Å². The molecule has 0 aliphatic carbocycles. The third kappa shape index (κ3) is 2.15. The van der Waals surface area contributed by atoms with Crippen molar-refractivity contribution in [2.75, 3.05) is 14.2 Å². The van der Waals surface area contributed by atoms with Crippen LogP contribution in [0.5, 0.6) is 5.75 Å². The van der Waals surface area contributed by atoms with Crippen LogP contribution in [0, 0.1) is 0 Å². The van der Waals surface area contributed by atoms with Crippen LogP contribution < -0.4 is 4.74 Å². The van der Waals surface area contributed by atoms with Crippen LogP contribution in [0.25, 0.3) is 11.1 Å². The van der Waals surface area contributed by atoms with Crippen molar-refractivity contribution in [3.8, 4) is 16.9 Å².